The number of rotatable bonds is 4. The number of benzene rings is 2. The molecule has 0 radical (unpaired) electrons. The fourth-order valence-corrected chi connectivity index (χ4v) is 6.29. The molecule has 2 amide bonds. The number of carbonyl (C=O) groups is 2. The van der Waals surface area contributed by atoms with Crippen molar-refractivity contribution in [3.8, 4) is 0 Å². The summed E-state index contributed by atoms with van der Waals surface area (Å²) in [6.45, 7) is 1.55. The molecule has 2 atom stereocenters. The highest BCUT2D eigenvalue weighted by atomic mass is 16.2. The third-order valence-corrected chi connectivity index (χ3v) is 8.03. The number of amides is 2. The maximum absolute atomic E-state index is 13.4. The summed E-state index contributed by atoms with van der Waals surface area (Å²) in [6.07, 6.45) is 3.72. The number of hydrogen-bond acceptors (Lipinski definition) is 5. The van der Waals surface area contributed by atoms with E-state index in [1.54, 1.807) is 10.8 Å². The van der Waals surface area contributed by atoms with Crippen LogP contribution >= 0.6 is 0 Å². The fourth-order valence-electron chi connectivity index (χ4n) is 6.29. The van der Waals surface area contributed by atoms with Gasteiger partial charge in [0.05, 0.1) is 22.5 Å². The molecule has 3 aliphatic rings. The second kappa shape index (κ2) is 8.14. The van der Waals surface area contributed by atoms with Gasteiger partial charge in [-0.15, -0.1) is 0 Å². The fraction of sp³-hybridized carbons (Fsp3) is 0.286. The number of hydrogen-bond donors (Lipinski definition) is 3. The summed E-state index contributed by atoms with van der Waals surface area (Å²) < 4.78 is 3.37. The van der Waals surface area contributed by atoms with Crippen LogP contribution in [0.5, 0.6) is 0 Å². The SMILES string of the molecule is O=C(Cn1c(=O)n(C2CCNC2)c2ccccc21)Nc1ccc2c(c1)CC1(C2)C(=O)Nc2ncccc21. The molecule has 2 aliphatic heterocycles. The van der Waals surface area contributed by atoms with Crippen LogP contribution in [0, 0.1) is 0 Å². The molecule has 1 fully saturated rings. The van der Waals surface area contributed by atoms with Gasteiger partial charge in [0.25, 0.3) is 0 Å². The molecule has 2 aromatic carbocycles. The van der Waals surface area contributed by atoms with Gasteiger partial charge in [0.15, 0.2) is 0 Å². The van der Waals surface area contributed by atoms with E-state index in [2.05, 4.69) is 20.9 Å². The smallest absolute Gasteiger partial charge is 0.325 e. The van der Waals surface area contributed by atoms with E-state index in [1.807, 2.05) is 59.2 Å². The van der Waals surface area contributed by atoms with Gasteiger partial charge < -0.3 is 16.0 Å². The number of pyridine rings is 1. The molecule has 2 unspecified atom stereocenters. The highest BCUT2D eigenvalue weighted by molar-refractivity contribution is 6.06. The first kappa shape index (κ1) is 22.0. The Balaban J connectivity index is 1.14. The van der Waals surface area contributed by atoms with Crippen molar-refractivity contribution in [1.82, 2.24) is 19.4 Å². The summed E-state index contributed by atoms with van der Waals surface area (Å²) in [7, 11) is 0. The lowest BCUT2D eigenvalue weighted by Crippen LogP contribution is -2.35. The van der Waals surface area contributed by atoms with E-state index in [-0.39, 0.29) is 30.1 Å². The van der Waals surface area contributed by atoms with Crippen molar-refractivity contribution in [3.05, 3.63) is 88.0 Å². The van der Waals surface area contributed by atoms with Crippen LogP contribution in [0.3, 0.4) is 0 Å². The molecular weight excluding hydrogens is 468 g/mol. The Morgan fingerprint density at radius 2 is 1.89 bits per heavy atom. The zero-order valence-corrected chi connectivity index (χ0v) is 20.2. The number of para-hydroxylation sites is 2. The van der Waals surface area contributed by atoms with E-state index < -0.39 is 5.41 Å². The minimum atomic E-state index is -0.654. The minimum absolute atomic E-state index is 0.0313. The van der Waals surface area contributed by atoms with E-state index in [9.17, 15) is 14.4 Å². The molecular formula is C28H26N6O3. The quantitative estimate of drug-likeness (QED) is 0.404. The Morgan fingerprint density at radius 1 is 1.05 bits per heavy atom. The summed E-state index contributed by atoms with van der Waals surface area (Å²) in [4.78, 5) is 43.8. The second-order valence-corrected chi connectivity index (χ2v) is 10.2. The zero-order chi connectivity index (χ0) is 25.1. The molecule has 186 valence electrons. The third kappa shape index (κ3) is 3.34. The summed E-state index contributed by atoms with van der Waals surface area (Å²) in [5, 5.41) is 9.21. The van der Waals surface area contributed by atoms with Gasteiger partial charge in [0.2, 0.25) is 11.8 Å². The van der Waals surface area contributed by atoms with Gasteiger partial charge in [-0.05, 0) is 67.3 Å². The minimum Gasteiger partial charge on any atom is -0.325 e. The van der Waals surface area contributed by atoms with E-state index >= 15 is 0 Å². The topological polar surface area (TPSA) is 110 Å². The van der Waals surface area contributed by atoms with Gasteiger partial charge in [0, 0.05) is 24.0 Å². The molecule has 7 rings (SSSR count). The normalized spacial score (nSPS) is 21.8. The molecule has 1 saturated heterocycles. The van der Waals surface area contributed by atoms with Gasteiger partial charge in [-0.25, -0.2) is 9.78 Å². The Labute approximate surface area is 212 Å². The number of fused-ring (bicyclic) bond motifs is 4. The van der Waals surface area contributed by atoms with Crippen LogP contribution in [-0.4, -0.2) is 39.0 Å². The zero-order valence-electron chi connectivity index (χ0n) is 20.2. The van der Waals surface area contributed by atoms with E-state index in [0.717, 1.165) is 47.2 Å². The van der Waals surface area contributed by atoms with E-state index in [4.69, 9.17) is 0 Å². The molecule has 0 bridgehead atoms. The first-order valence-electron chi connectivity index (χ1n) is 12.6. The van der Waals surface area contributed by atoms with Gasteiger partial charge in [-0.2, -0.15) is 0 Å². The molecule has 9 nitrogen and oxygen atoms in total. The number of nitrogens with zero attached hydrogens (tertiary/aromatic N) is 3. The first-order valence-corrected chi connectivity index (χ1v) is 12.6. The molecule has 9 heteroatoms. The Bertz CT molecular complexity index is 1650. The molecule has 4 heterocycles. The van der Waals surface area contributed by atoms with Crippen LogP contribution < -0.4 is 21.6 Å². The van der Waals surface area contributed by atoms with Crippen molar-refractivity contribution in [1.29, 1.82) is 0 Å². The lowest BCUT2D eigenvalue weighted by atomic mass is 9.79. The molecule has 3 N–H and O–H groups in total. The molecule has 37 heavy (non-hydrogen) atoms. The van der Waals surface area contributed by atoms with Crippen molar-refractivity contribution in [3.63, 3.8) is 0 Å². The standard InChI is InChI=1S/C28H26N6O3/c35-24(16-33-22-5-1-2-6-23(22)34(27(33)37)20-9-11-29-15-20)31-19-8-7-17-13-28(14-18(17)12-19)21-4-3-10-30-25(21)32-26(28)36/h1-8,10,12,20,29H,9,11,13-16H2,(H,31,35)(H,30,32,36). The van der Waals surface area contributed by atoms with Gasteiger partial charge in [0.1, 0.15) is 12.4 Å². The van der Waals surface area contributed by atoms with Crippen LogP contribution in [0.15, 0.2) is 65.6 Å². The van der Waals surface area contributed by atoms with Crippen molar-refractivity contribution in [2.45, 2.75) is 37.3 Å². The molecule has 4 aromatic rings. The number of imidazole rings is 1. The van der Waals surface area contributed by atoms with Crippen LogP contribution in [0.4, 0.5) is 11.5 Å². The highest BCUT2D eigenvalue weighted by Gasteiger charge is 2.51. The van der Waals surface area contributed by atoms with Crippen molar-refractivity contribution < 1.29 is 9.59 Å². The summed E-state index contributed by atoms with van der Waals surface area (Å²) in [5.41, 5.74) is 4.49. The summed E-state index contributed by atoms with van der Waals surface area (Å²) >= 11 is 0. The Morgan fingerprint density at radius 3 is 2.73 bits per heavy atom. The van der Waals surface area contributed by atoms with Crippen LogP contribution in [0.2, 0.25) is 0 Å². The highest BCUT2D eigenvalue weighted by Crippen LogP contribution is 2.46. The third-order valence-electron chi connectivity index (χ3n) is 8.03. The largest absolute Gasteiger partial charge is 0.329 e. The summed E-state index contributed by atoms with van der Waals surface area (Å²) in [5.74, 6) is 0.332. The van der Waals surface area contributed by atoms with Crippen LogP contribution in [-0.2, 0) is 34.4 Å². The van der Waals surface area contributed by atoms with Gasteiger partial charge >= 0.3 is 5.69 Å². The lowest BCUT2D eigenvalue weighted by molar-refractivity contribution is -0.120. The van der Waals surface area contributed by atoms with E-state index in [0.29, 0.717) is 24.3 Å². The monoisotopic (exact) mass is 494 g/mol. The van der Waals surface area contributed by atoms with E-state index in [1.165, 1.54) is 0 Å². The van der Waals surface area contributed by atoms with Gasteiger partial charge in [-0.1, -0.05) is 24.3 Å². The molecule has 1 spiro atoms. The maximum atomic E-state index is 13.4. The molecule has 1 aliphatic carbocycles. The first-order chi connectivity index (χ1) is 18.0. The van der Waals surface area contributed by atoms with Gasteiger partial charge in [-0.3, -0.25) is 18.7 Å². The second-order valence-electron chi connectivity index (χ2n) is 10.2. The van der Waals surface area contributed by atoms with Crippen LogP contribution in [0.1, 0.15) is 29.2 Å². The lowest BCUT2D eigenvalue weighted by Gasteiger charge is -2.20. The van der Waals surface area contributed by atoms with Crippen molar-refractivity contribution in [2.75, 3.05) is 23.7 Å². The number of anilines is 2. The maximum Gasteiger partial charge on any atom is 0.329 e. The average molecular weight is 495 g/mol. The Hall–Kier alpha value is -4.24. The number of aromatic nitrogens is 3. The van der Waals surface area contributed by atoms with Crippen molar-refractivity contribution >= 4 is 34.4 Å². The van der Waals surface area contributed by atoms with Crippen LogP contribution in [0.25, 0.3) is 11.0 Å². The molecule has 2 aromatic heterocycles. The summed E-state index contributed by atoms with van der Waals surface area (Å²) in [6, 6.07) is 17.3. The number of nitrogens with one attached hydrogen (secondary N) is 3. The predicted molar refractivity (Wildman–Crippen MR) is 140 cm³/mol. The predicted octanol–water partition coefficient (Wildman–Crippen LogP) is 2.36. The molecule has 0 saturated carbocycles. The average Bonchev–Trinajstić information content (AvgIpc) is 3.66. The van der Waals surface area contributed by atoms with Crippen molar-refractivity contribution in [2.24, 2.45) is 0 Å². The Kier molecular flexibility index (Phi) is 4.84. The number of carbonyl (C=O) groups excluding carboxylic acids is 2.